The molecule has 0 saturated heterocycles. The number of thiocarbonyl (C=S) groups is 2. The predicted molar refractivity (Wildman–Crippen MR) is 97.6 cm³/mol. The molecule has 23 heavy (non-hydrogen) atoms. The molecule has 120 valence electrons. The molecule has 0 atom stereocenters. The summed E-state index contributed by atoms with van der Waals surface area (Å²) in [6, 6.07) is 7.40. The third-order valence-corrected chi connectivity index (χ3v) is 3.06. The number of nitrogens with zero attached hydrogens (tertiary/aromatic N) is 2. The Kier molecular flexibility index (Phi) is 11.0. The van der Waals surface area contributed by atoms with Crippen LogP contribution in [0.15, 0.2) is 34.5 Å². The van der Waals surface area contributed by atoms with Gasteiger partial charge in [-0.15, -0.1) is 0 Å². The van der Waals surface area contributed by atoms with Crippen LogP contribution in [-0.4, -0.2) is 43.4 Å². The van der Waals surface area contributed by atoms with Crippen LogP contribution in [0.4, 0.5) is 0 Å². The van der Waals surface area contributed by atoms with Crippen LogP contribution < -0.4 is 26.2 Å². The minimum Gasteiger partial charge on any atom is -0.497 e. The number of hydrogen-bond donors (Lipinski definition) is 4. The average molecular weight is 404 g/mol. The van der Waals surface area contributed by atoms with Gasteiger partial charge in [-0.25, -0.2) is 0 Å². The largest absolute Gasteiger partial charge is 0.497 e. The second-order valence-corrected chi connectivity index (χ2v) is 4.68. The zero-order valence-corrected chi connectivity index (χ0v) is 17.8. The molecule has 0 spiro atoms. The van der Waals surface area contributed by atoms with Crippen LogP contribution in [-0.2, 0) is 19.5 Å². The summed E-state index contributed by atoms with van der Waals surface area (Å²) in [7, 11) is 5.02. The van der Waals surface area contributed by atoms with Crippen LogP contribution >= 0.6 is 24.4 Å². The summed E-state index contributed by atoms with van der Waals surface area (Å²) in [5.41, 5.74) is 6.80. The molecule has 0 aliphatic heterocycles. The molecule has 0 aliphatic rings. The number of methoxy groups -OCH3 is 1. The number of hydrazone groups is 2. The molecule has 1 rings (SSSR count). The monoisotopic (exact) mass is 402 g/mol. The first kappa shape index (κ1) is 21.4. The van der Waals surface area contributed by atoms with Crippen LogP contribution in [0.1, 0.15) is 5.56 Å². The molecule has 10 heteroatoms. The van der Waals surface area contributed by atoms with Gasteiger partial charge in [0.25, 0.3) is 0 Å². The van der Waals surface area contributed by atoms with Crippen molar-refractivity contribution in [3.63, 3.8) is 0 Å². The number of benzene rings is 1. The second-order valence-electron chi connectivity index (χ2n) is 3.87. The molecule has 1 aromatic rings. The molecule has 0 heterocycles. The topological polar surface area (TPSA) is 82.1 Å². The molecular formula is C13H18N6OS2Zn. The summed E-state index contributed by atoms with van der Waals surface area (Å²) in [5.74, 6) is 0.758. The van der Waals surface area contributed by atoms with Crippen LogP contribution in [0.3, 0.4) is 0 Å². The quantitative estimate of drug-likeness (QED) is 0.248. The maximum Gasteiger partial charge on any atom is 0.186 e. The zero-order chi connectivity index (χ0) is 16.4. The Morgan fingerprint density at radius 1 is 1.04 bits per heavy atom. The SMILES string of the molecule is CNC(=S)NN=CC(=NNC(=S)NC)c1ccc(OC)cc1.[Zn]. The molecule has 0 amide bonds. The smallest absolute Gasteiger partial charge is 0.186 e. The summed E-state index contributed by atoms with van der Waals surface area (Å²) < 4.78 is 5.13. The van der Waals surface area contributed by atoms with Crippen molar-refractivity contribution in [2.75, 3.05) is 21.2 Å². The van der Waals surface area contributed by atoms with E-state index in [0.29, 0.717) is 15.9 Å². The van der Waals surface area contributed by atoms with E-state index in [9.17, 15) is 0 Å². The Bertz CT molecular complexity index is 576. The van der Waals surface area contributed by atoms with Crippen molar-refractivity contribution < 1.29 is 24.2 Å². The summed E-state index contributed by atoms with van der Waals surface area (Å²) in [5, 5.41) is 14.6. The Morgan fingerprint density at radius 3 is 2.13 bits per heavy atom. The minimum absolute atomic E-state index is 0. The molecule has 0 aromatic heterocycles. The van der Waals surface area contributed by atoms with E-state index in [1.807, 2.05) is 24.3 Å². The molecular weight excluding hydrogens is 386 g/mol. The van der Waals surface area contributed by atoms with E-state index >= 15 is 0 Å². The van der Waals surface area contributed by atoms with Crippen molar-refractivity contribution in [3.05, 3.63) is 29.8 Å². The summed E-state index contributed by atoms with van der Waals surface area (Å²) in [6.45, 7) is 0. The summed E-state index contributed by atoms with van der Waals surface area (Å²) in [6.07, 6.45) is 1.54. The van der Waals surface area contributed by atoms with Gasteiger partial charge in [-0.2, -0.15) is 10.2 Å². The van der Waals surface area contributed by atoms with Gasteiger partial charge in [0.1, 0.15) is 11.5 Å². The first-order valence-corrected chi connectivity index (χ1v) is 7.13. The van der Waals surface area contributed by atoms with Crippen molar-refractivity contribution in [3.8, 4) is 5.75 Å². The van der Waals surface area contributed by atoms with E-state index in [1.54, 1.807) is 21.2 Å². The molecule has 0 unspecified atom stereocenters. The van der Waals surface area contributed by atoms with Gasteiger partial charge < -0.3 is 15.4 Å². The maximum atomic E-state index is 5.13. The molecule has 4 N–H and O–H groups in total. The Hall–Kier alpha value is -1.64. The normalized spacial score (nSPS) is 10.5. The van der Waals surface area contributed by atoms with Crippen molar-refractivity contribution in [1.82, 2.24) is 21.5 Å². The van der Waals surface area contributed by atoms with E-state index in [-0.39, 0.29) is 19.5 Å². The first-order valence-electron chi connectivity index (χ1n) is 6.31. The zero-order valence-electron chi connectivity index (χ0n) is 13.2. The van der Waals surface area contributed by atoms with Crippen LogP contribution in [0.5, 0.6) is 5.75 Å². The van der Waals surface area contributed by atoms with Gasteiger partial charge in [0.2, 0.25) is 0 Å². The summed E-state index contributed by atoms with van der Waals surface area (Å²) in [4.78, 5) is 0. The fraction of sp³-hybridized carbons (Fsp3) is 0.231. The minimum atomic E-state index is 0. The van der Waals surface area contributed by atoms with Crippen LogP contribution in [0.25, 0.3) is 0 Å². The third kappa shape index (κ3) is 7.96. The van der Waals surface area contributed by atoms with Gasteiger partial charge in [-0.05, 0) is 48.7 Å². The third-order valence-electron chi connectivity index (χ3n) is 2.47. The molecule has 7 nitrogen and oxygen atoms in total. The molecule has 0 aliphatic carbocycles. The van der Waals surface area contributed by atoms with Gasteiger partial charge in [0.05, 0.1) is 13.3 Å². The molecule has 0 saturated carbocycles. The number of ether oxygens (including phenoxy) is 1. The van der Waals surface area contributed by atoms with Crippen molar-refractivity contribution >= 4 is 46.6 Å². The fourth-order valence-corrected chi connectivity index (χ4v) is 1.40. The van der Waals surface area contributed by atoms with Crippen molar-refractivity contribution in [2.24, 2.45) is 10.2 Å². The standard InChI is InChI=1S/C13H18N6OS2.Zn/c1-14-12(21)18-16-8-11(17-19-13(22)15-2)9-4-6-10(20-3)7-5-9;/h4-8H,1-3H3,(H2,14,18,21)(H2,15,19,22);. The van der Waals surface area contributed by atoms with Crippen LogP contribution in [0.2, 0.25) is 0 Å². The average Bonchev–Trinajstić information content (AvgIpc) is 2.57. The fourth-order valence-electron chi connectivity index (χ4n) is 1.30. The molecule has 0 radical (unpaired) electrons. The predicted octanol–water partition coefficient (Wildman–Crippen LogP) is 0.570. The maximum absolute atomic E-state index is 5.13. The van der Waals surface area contributed by atoms with Crippen LogP contribution in [0, 0.1) is 0 Å². The Morgan fingerprint density at radius 2 is 1.61 bits per heavy atom. The van der Waals surface area contributed by atoms with E-state index < -0.39 is 0 Å². The van der Waals surface area contributed by atoms with Gasteiger partial charge in [-0.3, -0.25) is 10.9 Å². The Labute approximate surface area is 159 Å². The van der Waals surface area contributed by atoms with E-state index in [1.165, 1.54) is 6.21 Å². The van der Waals surface area contributed by atoms with E-state index in [2.05, 4.69) is 31.7 Å². The number of hydrogen-bond acceptors (Lipinski definition) is 5. The van der Waals surface area contributed by atoms with Gasteiger partial charge in [0.15, 0.2) is 10.2 Å². The summed E-state index contributed by atoms with van der Waals surface area (Å²) >= 11 is 9.94. The number of rotatable bonds is 5. The van der Waals surface area contributed by atoms with Crippen molar-refractivity contribution in [2.45, 2.75) is 0 Å². The molecule has 1 aromatic carbocycles. The van der Waals surface area contributed by atoms with Gasteiger partial charge in [-0.1, -0.05) is 0 Å². The number of nitrogens with one attached hydrogen (secondary N) is 4. The van der Waals surface area contributed by atoms with Gasteiger partial charge in [0, 0.05) is 39.1 Å². The van der Waals surface area contributed by atoms with E-state index in [4.69, 9.17) is 29.2 Å². The first-order chi connectivity index (χ1) is 10.6. The Balaban J connectivity index is 0.00000484. The molecule has 0 fully saturated rings. The molecule has 0 bridgehead atoms. The van der Waals surface area contributed by atoms with E-state index in [0.717, 1.165) is 11.3 Å². The second kappa shape index (κ2) is 11.9. The van der Waals surface area contributed by atoms with Gasteiger partial charge >= 0.3 is 0 Å². The van der Waals surface area contributed by atoms with Crippen molar-refractivity contribution in [1.29, 1.82) is 0 Å².